The summed E-state index contributed by atoms with van der Waals surface area (Å²) in [7, 11) is 0. The van der Waals surface area contributed by atoms with Crippen molar-refractivity contribution in [3.8, 4) is 0 Å². The lowest BCUT2D eigenvalue weighted by Crippen LogP contribution is -2.53. The molecule has 2 aromatic rings. The zero-order valence-electron chi connectivity index (χ0n) is 21.1. The van der Waals surface area contributed by atoms with E-state index in [-0.39, 0.29) is 11.4 Å². The van der Waals surface area contributed by atoms with E-state index in [2.05, 4.69) is 47.5 Å². The van der Waals surface area contributed by atoms with E-state index in [1.165, 1.54) is 0 Å². The number of ether oxygens (including phenoxy) is 1. The fraction of sp³-hybridized carbons (Fsp3) is 0.538. The number of amidine groups is 1. The third-order valence-electron chi connectivity index (χ3n) is 7.08. The molecular formula is C26H33ClN6O2. The highest BCUT2D eigenvalue weighted by atomic mass is 35.5. The average molecular weight is 497 g/mol. The van der Waals surface area contributed by atoms with Crippen molar-refractivity contribution in [2.75, 3.05) is 37.7 Å². The van der Waals surface area contributed by atoms with Crippen LogP contribution in [0.15, 0.2) is 23.3 Å². The summed E-state index contributed by atoms with van der Waals surface area (Å²) in [4.78, 5) is 33.3. The molecule has 5 rings (SSSR count). The summed E-state index contributed by atoms with van der Waals surface area (Å²) in [6.45, 7) is 15.0. The van der Waals surface area contributed by atoms with Crippen LogP contribution in [0.25, 0.3) is 0 Å². The Morgan fingerprint density at radius 1 is 1.20 bits per heavy atom. The number of piperazine rings is 1. The van der Waals surface area contributed by atoms with Crippen LogP contribution in [0.4, 0.5) is 5.69 Å². The lowest BCUT2D eigenvalue weighted by atomic mass is 10.0. The number of anilines is 1. The van der Waals surface area contributed by atoms with Crippen LogP contribution in [0, 0.1) is 13.8 Å². The Morgan fingerprint density at radius 3 is 2.71 bits per heavy atom. The van der Waals surface area contributed by atoms with E-state index < -0.39 is 0 Å². The molecule has 1 amide bonds. The lowest BCUT2D eigenvalue weighted by molar-refractivity contribution is 0.0979. The number of carbonyl (C=O) groups is 1. The molecule has 0 spiro atoms. The van der Waals surface area contributed by atoms with Gasteiger partial charge in [-0.05, 0) is 57.9 Å². The minimum Gasteiger partial charge on any atom is -0.463 e. The quantitative estimate of drug-likeness (QED) is 0.646. The molecule has 0 radical (unpaired) electrons. The highest BCUT2D eigenvalue weighted by molar-refractivity contribution is 6.31. The second-order valence-electron chi connectivity index (χ2n) is 10.5. The molecule has 4 heterocycles. The molecule has 8 nitrogen and oxygen atoms in total. The molecule has 0 saturated carbocycles. The Morgan fingerprint density at radius 2 is 2.00 bits per heavy atom. The Balaban J connectivity index is 1.33. The highest BCUT2D eigenvalue weighted by Gasteiger charge is 2.34. The van der Waals surface area contributed by atoms with E-state index in [1.807, 2.05) is 24.0 Å². The molecule has 1 unspecified atom stereocenters. The van der Waals surface area contributed by atoms with E-state index in [1.54, 1.807) is 6.20 Å². The van der Waals surface area contributed by atoms with Crippen LogP contribution in [0.2, 0.25) is 5.02 Å². The molecule has 9 heteroatoms. The summed E-state index contributed by atoms with van der Waals surface area (Å²) < 4.78 is 5.88. The minimum absolute atomic E-state index is 0.0648. The van der Waals surface area contributed by atoms with Crippen molar-refractivity contribution in [2.45, 2.75) is 59.2 Å². The van der Waals surface area contributed by atoms with Gasteiger partial charge in [0.2, 0.25) is 0 Å². The molecular weight excluding hydrogens is 464 g/mol. The number of hydrogen-bond donors (Lipinski definition) is 0. The van der Waals surface area contributed by atoms with Crippen LogP contribution in [-0.2, 0) is 17.7 Å². The number of aromatic nitrogens is 2. The minimum atomic E-state index is -0.155. The highest BCUT2D eigenvalue weighted by Crippen LogP contribution is 2.32. The van der Waals surface area contributed by atoms with Gasteiger partial charge in [0.1, 0.15) is 12.4 Å². The maximum absolute atomic E-state index is 13.3. The lowest BCUT2D eigenvalue weighted by Gasteiger charge is -2.40. The van der Waals surface area contributed by atoms with Gasteiger partial charge in [0.05, 0.1) is 16.8 Å². The molecule has 0 bridgehead atoms. The van der Waals surface area contributed by atoms with E-state index in [9.17, 15) is 4.79 Å². The number of rotatable bonds is 3. The topological polar surface area (TPSA) is 74.2 Å². The normalized spacial score (nSPS) is 22.2. The van der Waals surface area contributed by atoms with Crippen LogP contribution in [0.5, 0.6) is 0 Å². The molecule has 35 heavy (non-hydrogen) atoms. The summed E-state index contributed by atoms with van der Waals surface area (Å²) in [6.07, 6.45) is 2.35. The van der Waals surface area contributed by atoms with Crippen LogP contribution >= 0.6 is 11.6 Å². The van der Waals surface area contributed by atoms with Crippen molar-refractivity contribution >= 4 is 29.2 Å². The first-order valence-corrected chi connectivity index (χ1v) is 12.6. The molecule has 3 aliphatic rings. The summed E-state index contributed by atoms with van der Waals surface area (Å²) >= 11 is 6.57. The number of aliphatic imine (C=N–C) groups is 1. The van der Waals surface area contributed by atoms with E-state index in [4.69, 9.17) is 21.3 Å². The van der Waals surface area contributed by atoms with Crippen molar-refractivity contribution < 1.29 is 9.53 Å². The second-order valence-corrected chi connectivity index (χ2v) is 10.9. The number of nitrogens with zero attached hydrogens (tertiary/aromatic N) is 6. The average Bonchev–Trinajstić information content (AvgIpc) is 3.16. The zero-order chi connectivity index (χ0) is 24.9. The van der Waals surface area contributed by atoms with Gasteiger partial charge in [-0.3, -0.25) is 9.69 Å². The Labute approximate surface area is 212 Å². The van der Waals surface area contributed by atoms with Crippen molar-refractivity contribution in [3.05, 3.63) is 51.6 Å². The van der Waals surface area contributed by atoms with Gasteiger partial charge in [-0.1, -0.05) is 11.6 Å². The van der Waals surface area contributed by atoms with E-state index in [0.717, 1.165) is 54.7 Å². The molecule has 0 aliphatic carbocycles. The molecule has 3 aliphatic heterocycles. The standard InChI is InChI=1S/C26H33ClN6O2/c1-16-13-31(8-9-32(16)25-30-26(4,5)15-35-25)14-19-10-20(27)11-23(17(19)2)33-7-6-22-21(24(33)34)12-28-18(3)29-22/h10-12,16H,6-9,13-15H2,1-5H3. The number of halogens is 1. The van der Waals surface area contributed by atoms with Crippen molar-refractivity contribution in [3.63, 3.8) is 0 Å². The molecule has 1 fully saturated rings. The molecule has 0 N–H and O–H groups in total. The number of fused-ring (bicyclic) bond motifs is 1. The smallest absolute Gasteiger partial charge is 0.288 e. The fourth-order valence-electron chi connectivity index (χ4n) is 5.16. The zero-order valence-corrected chi connectivity index (χ0v) is 21.9. The van der Waals surface area contributed by atoms with Gasteiger partial charge >= 0.3 is 0 Å². The summed E-state index contributed by atoms with van der Waals surface area (Å²) in [5, 5.41) is 0.641. The number of aryl methyl sites for hydroxylation is 1. The van der Waals surface area contributed by atoms with Crippen molar-refractivity contribution in [2.24, 2.45) is 4.99 Å². The SMILES string of the molecule is Cc1ncc2c(n1)CCN(c1cc(Cl)cc(CN3CCN(C4=NC(C)(C)CO4)C(C)C3)c1C)C2=O. The van der Waals surface area contributed by atoms with E-state index >= 15 is 0 Å². The maximum Gasteiger partial charge on any atom is 0.288 e. The van der Waals surface area contributed by atoms with Crippen molar-refractivity contribution in [1.29, 1.82) is 0 Å². The number of benzene rings is 1. The Hall–Kier alpha value is -2.71. The number of hydrogen-bond acceptors (Lipinski definition) is 7. The summed E-state index contributed by atoms with van der Waals surface area (Å²) in [6, 6.07) is 4.99. The van der Waals surface area contributed by atoms with Crippen LogP contribution in [0.1, 0.15) is 53.8 Å². The van der Waals surface area contributed by atoms with Gasteiger partial charge < -0.3 is 14.5 Å². The Kier molecular flexibility index (Phi) is 6.21. The number of amides is 1. The predicted molar refractivity (Wildman–Crippen MR) is 137 cm³/mol. The fourth-order valence-corrected chi connectivity index (χ4v) is 5.39. The van der Waals surface area contributed by atoms with Gasteiger partial charge in [0, 0.05) is 62.1 Å². The first-order valence-electron chi connectivity index (χ1n) is 12.3. The first kappa shape index (κ1) is 24.0. The Bertz CT molecular complexity index is 1200. The summed E-state index contributed by atoms with van der Waals surface area (Å²) in [5.74, 6) is 0.626. The van der Waals surface area contributed by atoms with E-state index in [0.29, 0.717) is 42.0 Å². The monoisotopic (exact) mass is 496 g/mol. The van der Waals surface area contributed by atoms with Crippen LogP contribution < -0.4 is 4.90 Å². The molecule has 1 aromatic carbocycles. The molecule has 186 valence electrons. The molecule has 1 atom stereocenters. The summed E-state index contributed by atoms with van der Waals surface area (Å²) in [5.41, 5.74) is 4.34. The molecule has 1 saturated heterocycles. The van der Waals surface area contributed by atoms with Gasteiger partial charge in [0.25, 0.3) is 11.9 Å². The van der Waals surface area contributed by atoms with Gasteiger partial charge in [-0.2, -0.15) is 0 Å². The first-order chi connectivity index (χ1) is 16.6. The maximum atomic E-state index is 13.3. The van der Waals surface area contributed by atoms with Gasteiger partial charge in [-0.15, -0.1) is 0 Å². The predicted octanol–water partition coefficient (Wildman–Crippen LogP) is 3.62. The van der Waals surface area contributed by atoms with Crippen LogP contribution in [-0.4, -0.2) is 76.1 Å². The van der Waals surface area contributed by atoms with Crippen molar-refractivity contribution in [1.82, 2.24) is 19.8 Å². The largest absolute Gasteiger partial charge is 0.463 e. The third kappa shape index (κ3) is 4.74. The number of carbonyl (C=O) groups excluding carboxylic acids is 1. The van der Waals surface area contributed by atoms with Crippen LogP contribution in [0.3, 0.4) is 0 Å². The third-order valence-corrected chi connectivity index (χ3v) is 7.30. The molecule has 1 aromatic heterocycles. The van der Waals surface area contributed by atoms with Gasteiger partial charge in [0.15, 0.2) is 0 Å². The second kappa shape index (κ2) is 9.06. The van der Waals surface area contributed by atoms with Gasteiger partial charge in [-0.25, -0.2) is 15.0 Å².